The molecule has 46 heavy (non-hydrogen) atoms. The highest BCUT2D eigenvalue weighted by Gasteiger charge is 2.58. The summed E-state index contributed by atoms with van der Waals surface area (Å²) in [6, 6.07) is 18.5. The van der Waals surface area contributed by atoms with Crippen molar-refractivity contribution >= 4 is 27.1 Å². The Kier molecular flexibility index (Phi) is 11.0. The Morgan fingerprint density at radius 3 is 2.59 bits per heavy atom. The highest BCUT2D eigenvalue weighted by atomic mass is 32.2. The number of hydrogen-bond acceptors (Lipinski definition) is 7. The predicted octanol–water partition coefficient (Wildman–Crippen LogP) is 6.75. The lowest BCUT2D eigenvalue weighted by atomic mass is 9.64. The number of nitrogens with zero attached hydrogens (tertiary/aromatic N) is 1. The van der Waals surface area contributed by atoms with Gasteiger partial charge in [-0.25, -0.2) is 8.42 Å². The van der Waals surface area contributed by atoms with Gasteiger partial charge in [-0.3, -0.25) is 4.79 Å². The summed E-state index contributed by atoms with van der Waals surface area (Å²) in [7, 11) is -2.26. The Labute approximate surface area is 278 Å². The topological polar surface area (TPSA) is 104 Å². The zero-order valence-electron chi connectivity index (χ0n) is 27.2. The van der Waals surface area contributed by atoms with Crippen molar-refractivity contribution in [1.29, 1.82) is 0 Å². The molecule has 3 aliphatic rings. The van der Waals surface area contributed by atoms with Gasteiger partial charge in [-0.15, -0.1) is 11.3 Å². The summed E-state index contributed by atoms with van der Waals surface area (Å²) in [6.45, 7) is 4.75. The van der Waals surface area contributed by atoms with E-state index >= 15 is 0 Å². The zero-order valence-corrected chi connectivity index (χ0v) is 28.8. The fourth-order valence-electron chi connectivity index (χ4n) is 7.44. The van der Waals surface area contributed by atoms with Crippen LogP contribution in [0.1, 0.15) is 91.8 Å². The maximum Gasteiger partial charge on any atom is 0.252 e. The lowest BCUT2D eigenvalue weighted by Crippen LogP contribution is -2.54. The maximum atomic E-state index is 14.1. The number of ether oxygens (including phenoxy) is 1. The summed E-state index contributed by atoms with van der Waals surface area (Å²) >= 11 is 1.18. The summed E-state index contributed by atoms with van der Waals surface area (Å²) in [5, 5.41) is 25.4. The number of allylic oxidation sites excluding steroid dienone is 2. The van der Waals surface area contributed by atoms with Gasteiger partial charge in [0.05, 0.1) is 11.7 Å². The molecule has 1 heterocycles. The first-order valence-corrected chi connectivity index (χ1v) is 18.6. The van der Waals surface area contributed by atoms with Crippen LogP contribution in [0.5, 0.6) is 0 Å². The van der Waals surface area contributed by atoms with Crippen molar-refractivity contribution in [2.45, 2.75) is 87.0 Å². The SMILES string of the molecule is COCCCN(CC1(O)CCC2c3ccc(cc3C(=O)c3ccccc3)CC(O)CCC(C)=CCCC21C)S(=O)(=O)c1cccs1. The molecule has 3 aliphatic carbocycles. The van der Waals surface area contributed by atoms with Crippen LogP contribution >= 0.6 is 11.3 Å². The second-order valence-corrected chi connectivity index (χ2v) is 16.4. The fourth-order valence-corrected chi connectivity index (χ4v) is 10.1. The van der Waals surface area contributed by atoms with E-state index < -0.39 is 27.1 Å². The third-order valence-electron chi connectivity index (χ3n) is 10.2. The number of hydrogen-bond donors (Lipinski definition) is 2. The normalized spacial score (nSPS) is 25.7. The Hall–Kier alpha value is -2.66. The molecule has 3 aromatic rings. The van der Waals surface area contributed by atoms with Crippen molar-refractivity contribution < 1.29 is 28.2 Å². The molecule has 7 nitrogen and oxygen atoms in total. The third kappa shape index (κ3) is 7.25. The molecule has 0 saturated heterocycles. The molecule has 1 saturated carbocycles. The molecule has 0 amide bonds. The van der Waals surface area contributed by atoms with Crippen molar-refractivity contribution in [3.05, 3.63) is 99.9 Å². The van der Waals surface area contributed by atoms with E-state index in [1.807, 2.05) is 48.5 Å². The first-order chi connectivity index (χ1) is 22.0. The smallest absolute Gasteiger partial charge is 0.252 e. The van der Waals surface area contributed by atoms with Crippen LogP contribution in [0.2, 0.25) is 0 Å². The van der Waals surface area contributed by atoms with Gasteiger partial charge in [0.25, 0.3) is 10.0 Å². The van der Waals surface area contributed by atoms with Gasteiger partial charge in [-0.05, 0) is 92.8 Å². The lowest BCUT2D eigenvalue weighted by molar-refractivity contribution is -0.0727. The molecule has 0 spiro atoms. The monoisotopic (exact) mass is 665 g/mol. The molecule has 6 rings (SSSR count). The molecule has 2 aromatic carbocycles. The number of benzene rings is 2. The Bertz CT molecular complexity index is 1620. The van der Waals surface area contributed by atoms with Crippen LogP contribution in [0.25, 0.3) is 0 Å². The van der Waals surface area contributed by atoms with Gasteiger partial charge in [-0.1, -0.05) is 67.1 Å². The van der Waals surface area contributed by atoms with Crippen LogP contribution in [0.4, 0.5) is 0 Å². The number of carbonyl (C=O) groups excluding carboxylic acids is 1. The summed E-state index contributed by atoms with van der Waals surface area (Å²) in [5.74, 6) is -0.282. The number of fused-ring (bicyclic) bond motifs is 8. The number of thiophene rings is 1. The first-order valence-electron chi connectivity index (χ1n) is 16.3. The van der Waals surface area contributed by atoms with Crippen molar-refractivity contribution in [3.63, 3.8) is 0 Å². The average Bonchev–Trinajstić information content (AvgIpc) is 3.67. The van der Waals surface area contributed by atoms with Crippen LogP contribution in [-0.4, -0.2) is 67.2 Å². The summed E-state index contributed by atoms with van der Waals surface area (Å²) in [5.41, 5.74) is 2.03. The molecule has 2 N–H and O–H groups in total. The van der Waals surface area contributed by atoms with Crippen LogP contribution in [0.3, 0.4) is 0 Å². The largest absolute Gasteiger partial charge is 0.393 e. The second-order valence-electron chi connectivity index (χ2n) is 13.3. The Balaban J connectivity index is 1.61. The molecule has 0 radical (unpaired) electrons. The molecule has 248 valence electrons. The van der Waals surface area contributed by atoms with E-state index in [1.54, 1.807) is 24.6 Å². The first kappa shape index (κ1) is 34.7. The van der Waals surface area contributed by atoms with Crippen LogP contribution in [-0.2, 0) is 21.2 Å². The highest BCUT2D eigenvalue weighted by molar-refractivity contribution is 7.91. The molecule has 0 aliphatic heterocycles. The zero-order chi connectivity index (χ0) is 33.0. The van der Waals surface area contributed by atoms with E-state index in [-0.39, 0.29) is 29.0 Å². The number of carbonyl (C=O) groups is 1. The van der Waals surface area contributed by atoms with Gasteiger partial charge in [-0.2, -0.15) is 4.31 Å². The predicted molar refractivity (Wildman–Crippen MR) is 183 cm³/mol. The molecular formula is C37H47NO6S2. The summed E-state index contributed by atoms with van der Waals surface area (Å²) in [4.78, 5) is 14.1. The van der Waals surface area contributed by atoms with Gasteiger partial charge in [0.2, 0.25) is 0 Å². The molecule has 4 unspecified atom stereocenters. The van der Waals surface area contributed by atoms with E-state index in [9.17, 15) is 23.4 Å². The van der Waals surface area contributed by atoms with E-state index in [0.717, 1.165) is 17.5 Å². The molecule has 9 heteroatoms. The van der Waals surface area contributed by atoms with Gasteiger partial charge in [0, 0.05) is 43.3 Å². The standard InChI is InChI=1S/C37H47NO6S2/c1-27-10-7-19-36(2)33(18-20-37(36,41)26-38(21-9-22-44-3)46(42,43)34-13-8-23-45-34)31-17-15-28(24-30(39)16-14-27)25-32(31)35(40)29-11-5-4-6-12-29/h4-6,8,10-13,15,17,23,25,30,33,39,41H,7,9,14,16,18-22,24,26H2,1-3H3. The van der Waals surface area contributed by atoms with Crippen molar-refractivity contribution in [1.82, 2.24) is 4.31 Å². The van der Waals surface area contributed by atoms with Crippen LogP contribution in [0, 0.1) is 5.41 Å². The van der Waals surface area contributed by atoms with E-state index in [4.69, 9.17) is 4.74 Å². The fraction of sp³-hybridized carbons (Fsp3) is 0.486. The quantitative estimate of drug-likeness (QED) is 0.141. The van der Waals surface area contributed by atoms with Gasteiger partial charge in [0.1, 0.15) is 4.21 Å². The number of sulfonamides is 1. The summed E-state index contributed by atoms with van der Waals surface area (Å²) in [6.07, 6.45) is 6.31. The minimum Gasteiger partial charge on any atom is -0.393 e. The maximum absolute atomic E-state index is 14.1. The van der Waals surface area contributed by atoms with Gasteiger partial charge in [0.15, 0.2) is 5.78 Å². The summed E-state index contributed by atoms with van der Waals surface area (Å²) < 4.78 is 34.8. The van der Waals surface area contributed by atoms with E-state index in [2.05, 4.69) is 19.9 Å². The molecule has 1 aromatic heterocycles. The minimum atomic E-state index is -3.85. The Morgan fingerprint density at radius 2 is 1.87 bits per heavy atom. The molecular weight excluding hydrogens is 619 g/mol. The number of aliphatic hydroxyl groups excluding tert-OH is 1. The van der Waals surface area contributed by atoms with Crippen molar-refractivity contribution in [2.24, 2.45) is 5.41 Å². The van der Waals surface area contributed by atoms with Crippen molar-refractivity contribution in [2.75, 3.05) is 26.8 Å². The molecule has 4 atom stereocenters. The van der Waals surface area contributed by atoms with E-state index in [0.29, 0.717) is 62.7 Å². The van der Waals surface area contributed by atoms with Gasteiger partial charge >= 0.3 is 0 Å². The second kappa shape index (κ2) is 14.6. The Morgan fingerprint density at radius 1 is 1.09 bits per heavy atom. The molecule has 1 fully saturated rings. The minimum absolute atomic E-state index is 0.0428. The number of ketones is 1. The lowest BCUT2D eigenvalue weighted by Gasteiger charge is -2.46. The van der Waals surface area contributed by atoms with Crippen LogP contribution in [0.15, 0.2) is 81.9 Å². The third-order valence-corrected chi connectivity index (χ3v) is 13.5. The van der Waals surface area contributed by atoms with Crippen molar-refractivity contribution in [3.8, 4) is 0 Å². The average molecular weight is 666 g/mol. The van der Waals surface area contributed by atoms with Gasteiger partial charge < -0.3 is 14.9 Å². The number of methoxy groups -OCH3 is 1. The van der Waals surface area contributed by atoms with E-state index in [1.165, 1.54) is 21.2 Å². The number of aliphatic hydroxyl groups is 2. The molecule has 2 bridgehead atoms. The van der Waals surface area contributed by atoms with Crippen LogP contribution < -0.4 is 0 Å². The highest BCUT2D eigenvalue weighted by Crippen LogP contribution is 2.59. The number of rotatable bonds is 10.